The third kappa shape index (κ3) is 5.08. The molecule has 5 rings (SSSR count). The number of ether oxygens (including phenoxy) is 1. The fourth-order valence-electron chi connectivity index (χ4n) is 5.20. The van der Waals surface area contributed by atoms with Crippen LogP contribution in [0.4, 0.5) is 19.4 Å². The van der Waals surface area contributed by atoms with E-state index in [1.54, 1.807) is 21.6 Å². The topological polar surface area (TPSA) is 67.7 Å². The maximum absolute atomic E-state index is 14.9. The summed E-state index contributed by atoms with van der Waals surface area (Å²) in [7, 11) is -1.23. The van der Waals surface area contributed by atoms with Gasteiger partial charge in [-0.2, -0.15) is 15.9 Å². The van der Waals surface area contributed by atoms with Gasteiger partial charge in [-0.3, -0.25) is 4.57 Å². The molecule has 11 heteroatoms. The molecular weight excluding hydrogens is 534 g/mol. The lowest BCUT2D eigenvalue weighted by atomic mass is 10.1. The van der Waals surface area contributed by atoms with E-state index in [0.29, 0.717) is 65.0 Å². The maximum Gasteiger partial charge on any atom is 0.410 e. The van der Waals surface area contributed by atoms with Gasteiger partial charge in [0.05, 0.1) is 5.52 Å². The number of aromatic nitrogens is 2. The van der Waals surface area contributed by atoms with Crippen molar-refractivity contribution in [2.75, 3.05) is 30.3 Å². The number of amides is 1. The molecule has 0 radical (unpaired) electrons. The predicted molar refractivity (Wildman–Crippen MR) is 147 cm³/mol. The molecule has 38 heavy (non-hydrogen) atoms. The number of rotatable bonds is 2. The molecule has 0 saturated carbocycles. The van der Waals surface area contributed by atoms with Crippen LogP contribution < -0.4 is 10.6 Å². The van der Waals surface area contributed by atoms with Gasteiger partial charge in [-0.25, -0.2) is 18.4 Å². The highest BCUT2D eigenvalue weighted by molar-refractivity contribution is 8.17. The van der Waals surface area contributed by atoms with Crippen LogP contribution in [0.15, 0.2) is 44.9 Å². The molecule has 2 aliphatic rings. The monoisotopic (exact) mass is 564 g/mol. The molecule has 1 unspecified atom stereocenters. The Morgan fingerprint density at radius 2 is 1.89 bits per heavy atom. The van der Waals surface area contributed by atoms with Crippen molar-refractivity contribution in [3.8, 4) is 0 Å². The summed E-state index contributed by atoms with van der Waals surface area (Å²) in [5, 5.41) is 1.17. The second-order valence-electron chi connectivity index (χ2n) is 10.8. The Hall–Kier alpha value is -2.85. The Morgan fingerprint density at radius 1 is 1.13 bits per heavy atom. The quantitative estimate of drug-likeness (QED) is 0.411. The first-order valence-electron chi connectivity index (χ1n) is 12.6. The lowest BCUT2D eigenvalue weighted by molar-refractivity contribution is 0.0218. The van der Waals surface area contributed by atoms with Crippen molar-refractivity contribution in [2.24, 2.45) is 0 Å². The Kier molecular flexibility index (Phi) is 7.06. The van der Waals surface area contributed by atoms with Crippen LogP contribution in [-0.4, -0.2) is 57.6 Å². The van der Waals surface area contributed by atoms with Crippen molar-refractivity contribution in [1.29, 1.82) is 0 Å². The molecule has 0 N–H and O–H groups in total. The molecule has 1 aromatic heterocycles. The van der Waals surface area contributed by atoms with Gasteiger partial charge in [0.1, 0.15) is 23.1 Å². The summed E-state index contributed by atoms with van der Waals surface area (Å²) >= 11 is 6.62. The molecule has 1 saturated heterocycles. The molecular formula is C27H31ClF2N4O3S. The van der Waals surface area contributed by atoms with Crippen LogP contribution in [0.3, 0.4) is 0 Å². The highest BCUT2D eigenvalue weighted by Crippen LogP contribution is 2.51. The average Bonchev–Trinajstić information content (AvgIpc) is 3.01. The highest BCUT2D eigenvalue weighted by atomic mass is 35.5. The smallest absolute Gasteiger partial charge is 0.410 e. The summed E-state index contributed by atoms with van der Waals surface area (Å²) in [4.78, 5) is 35.4. The molecule has 7 nitrogen and oxygen atoms in total. The van der Waals surface area contributed by atoms with E-state index in [9.17, 15) is 18.4 Å². The van der Waals surface area contributed by atoms with Crippen LogP contribution in [0.5, 0.6) is 0 Å². The second kappa shape index (κ2) is 10.0. The van der Waals surface area contributed by atoms with Crippen molar-refractivity contribution in [1.82, 2.24) is 14.5 Å². The largest absolute Gasteiger partial charge is 0.444 e. The van der Waals surface area contributed by atoms with E-state index in [4.69, 9.17) is 16.3 Å². The first kappa shape index (κ1) is 26.7. The minimum Gasteiger partial charge on any atom is -0.444 e. The van der Waals surface area contributed by atoms with Gasteiger partial charge in [0.15, 0.2) is 0 Å². The lowest BCUT2D eigenvalue weighted by Gasteiger charge is -2.41. The minimum atomic E-state index is -1.23. The molecule has 0 bridgehead atoms. The summed E-state index contributed by atoms with van der Waals surface area (Å²) in [6.45, 7) is 9.17. The fourth-order valence-corrected chi connectivity index (χ4v) is 8.06. The molecule has 2 aromatic carbocycles. The van der Waals surface area contributed by atoms with Gasteiger partial charge in [-0.05, 0) is 64.1 Å². The summed E-state index contributed by atoms with van der Waals surface area (Å²) in [6.07, 6.45) is 0.274. The standard InChI is InChI=1S/C27H31ClF2N4O3S/c1-16-15-32(26(36)37-27(2,3)4)9-10-33(16)24-19-12-17(28)13-22-23(19)34(25(35)31-24)8-5-11-38(22)21-7-6-18(29)14-20(21)30/h6-7,12-14,16,38H,5,8-11,15H2,1-4H3/t16-/m0/s1. The van der Waals surface area contributed by atoms with Crippen LogP contribution in [0.1, 0.15) is 34.1 Å². The van der Waals surface area contributed by atoms with E-state index in [0.717, 1.165) is 11.0 Å². The van der Waals surface area contributed by atoms with Gasteiger partial charge < -0.3 is 14.5 Å². The highest BCUT2D eigenvalue weighted by Gasteiger charge is 2.33. The molecule has 1 amide bonds. The van der Waals surface area contributed by atoms with Crippen molar-refractivity contribution in [3.63, 3.8) is 0 Å². The van der Waals surface area contributed by atoms with Crippen molar-refractivity contribution in [2.45, 2.75) is 62.1 Å². The molecule has 2 aliphatic heterocycles. The predicted octanol–water partition coefficient (Wildman–Crippen LogP) is 5.60. The van der Waals surface area contributed by atoms with Gasteiger partial charge >= 0.3 is 11.8 Å². The fraction of sp³-hybridized carbons (Fsp3) is 0.444. The van der Waals surface area contributed by atoms with Crippen molar-refractivity contribution in [3.05, 3.63) is 57.5 Å². The number of anilines is 1. The number of aryl methyl sites for hydroxylation is 1. The average molecular weight is 565 g/mol. The van der Waals surface area contributed by atoms with Crippen molar-refractivity contribution >= 4 is 45.3 Å². The Morgan fingerprint density at radius 3 is 2.58 bits per heavy atom. The molecule has 204 valence electrons. The summed E-state index contributed by atoms with van der Waals surface area (Å²) in [5.74, 6) is -0.0942. The number of piperazine rings is 1. The minimum absolute atomic E-state index is 0.147. The summed E-state index contributed by atoms with van der Waals surface area (Å²) in [6, 6.07) is 7.12. The maximum atomic E-state index is 14.9. The lowest BCUT2D eigenvalue weighted by Crippen LogP contribution is -2.55. The number of thiol groups is 1. The number of halogens is 3. The van der Waals surface area contributed by atoms with Crippen LogP contribution in [-0.2, 0) is 11.3 Å². The van der Waals surface area contributed by atoms with Gasteiger partial charge in [0.2, 0.25) is 0 Å². The Labute approximate surface area is 227 Å². The van der Waals surface area contributed by atoms with Gasteiger partial charge in [0, 0.05) is 58.5 Å². The summed E-state index contributed by atoms with van der Waals surface area (Å²) in [5.41, 5.74) is -0.283. The molecule has 0 aliphatic carbocycles. The number of nitrogens with zero attached hydrogens (tertiary/aromatic N) is 4. The normalized spacial score (nSPS) is 20.9. The van der Waals surface area contributed by atoms with E-state index in [-0.39, 0.29) is 17.8 Å². The van der Waals surface area contributed by atoms with E-state index in [1.807, 2.05) is 32.6 Å². The third-order valence-corrected chi connectivity index (χ3v) is 9.65. The zero-order valence-corrected chi connectivity index (χ0v) is 23.5. The SMILES string of the molecule is C[C@H]1CN(C(=O)OC(C)(C)C)CCN1c1nc(=O)n2c3c(cc(Cl)cc13)[SH](c1ccc(F)cc1F)CCC2. The summed E-state index contributed by atoms with van der Waals surface area (Å²) < 4.78 is 35.8. The number of hydrogen-bond donors (Lipinski definition) is 1. The number of carbonyl (C=O) groups is 1. The number of carbonyl (C=O) groups excluding carboxylic acids is 1. The van der Waals surface area contributed by atoms with Crippen LogP contribution >= 0.6 is 22.5 Å². The number of hydrogen-bond acceptors (Lipinski definition) is 5. The van der Waals surface area contributed by atoms with Crippen LogP contribution in [0.25, 0.3) is 10.9 Å². The van der Waals surface area contributed by atoms with Gasteiger partial charge in [-0.15, -0.1) is 0 Å². The molecule has 0 spiro atoms. The van der Waals surface area contributed by atoms with Crippen LogP contribution in [0.2, 0.25) is 5.02 Å². The second-order valence-corrected chi connectivity index (χ2v) is 13.5. The van der Waals surface area contributed by atoms with E-state index >= 15 is 0 Å². The molecule has 1 fully saturated rings. The van der Waals surface area contributed by atoms with Crippen LogP contribution in [0, 0.1) is 11.6 Å². The number of benzene rings is 2. The molecule has 2 atom stereocenters. The van der Waals surface area contributed by atoms with Gasteiger partial charge in [0.25, 0.3) is 0 Å². The zero-order chi connectivity index (χ0) is 27.4. The third-order valence-electron chi connectivity index (χ3n) is 6.80. The first-order valence-corrected chi connectivity index (χ1v) is 14.5. The Bertz CT molecular complexity index is 1480. The Balaban J connectivity index is 1.59. The van der Waals surface area contributed by atoms with Gasteiger partial charge in [-0.1, -0.05) is 11.6 Å². The van der Waals surface area contributed by atoms with Crippen molar-refractivity contribution < 1.29 is 18.3 Å². The molecule has 3 aromatic rings. The van der Waals surface area contributed by atoms with E-state index < -0.39 is 28.1 Å². The first-order chi connectivity index (χ1) is 17.9. The van der Waals surface area contributed by atoms with E-state index in [1.165, 1.54) is 12.1 Å². The van der Waals surface area contributed by atoms with E-state index in [2.05, 4.69) is 4.98 Å². The zero-order valence-electron chi connectivity index (χ0n) is 21.8. The molecule has 3 heterocycles.